The summed E-state index contributed by atoms with van der Waals surface area (Å²) in [6.45, 7) is 2.77. The van der Waals surface area contributed by atoms with Gasteiger partial charge in [-0.3, -0.25) is 0 Å². The first kappa shape index (κ1) is 18.3. The van der Waals surface area contributed by atoms with Crippen LogP contribution in [0.2, 0.25) is 0 Å². The third kappa shape index (κ3) is 6.06. The van der Waals surface area contributed by atoms with Gasteiger partial charge in [-0.1, -0.05) is 18.2 Å². The number of thiophene rings is 1. The highest BCUT2D eigenvalue weighted by Gasteiger charge is 2.22. The van der Waals surface area contributed by atoms with Crippen LogP contribution in [0.25, 0.3) is 0 Å². The van der Waals surface area contributed by atoms with Crippen molar-refractivity contribution in [3.63, 3.8) is 0 Å². The predicted octanol–water partition coefficient (Wildman–Crippen LogP) is 4.23. The van der Waals surface area contributed by atoms with Crippen LogP contribution in [0.3, 0.4) is 0 Å². The van der Waals surface area contributed by atoms with Gasteiger partial charge in [0.1, 0.15) is 0 Å². The number of ether oxygens (including phenoxy) is 1. The molecule has 4 nitrogen and oxygen atoms in total. The number of hydrogen-bond donors (Lipinski definition) is 1. The van der Waals surface area contributed by atoms with Crippen LogP contribution >= 0.6 is 23.1 Å². The van der Waals surface area contributed by atoms with Crippen molar-refractivity contribution in [2.24, 2.45) is 0 Å². The van der Waals surface area contributed by atoms with Crippen LogP contribution in [0.15, 0.2) is 52.1 Å². The molecule has 1 aliphatic rings. The molecule has 0 saturated carbocycles. The van der Waals surface area contributed by atoms with E-state index in [9.17, 15) is 4.79 Å². The zero-order valence-electron chi connectivity index (χ0n) is 14.2. The number of amides is 2. The predicted molar refractivity (Wildman–Crippen MR) is 104 cm³/mol. The number of hydrogen-bond acceptors (Lipinski definition) is 4. The summed E-state index contributed by atoms with van der Waals surface area (Å²) in [5.74, 6) is 0.863. The lowest BCUT2D eigenvalue weighted by Crippen LogP contribution is -2.43. The van der Waals surface area contributed by atoms with Crippen LogP contribution in [0.1, 0.15) is 18.4 Å². The smallest absolute Gasteiger partial charge is 0.317 e. The molecule has 1 fully saturated rings. The van der Waals surface area contributed by atoms with Gasteiger partial charge in [-0.05, 0) is 47.4 Å². The Hall–Kier alpha value is -1.50. The van der Waals surface area contributed by atoms with Crippen molar-refractivity contribution in [1.82, 2.24) is 10.2 Å². The molecule has 3 rings (SSSR count). The SMILES string of the molecule is O=C(NCCSc1ccccc1)N(Cc1ccsc1)C[C@@H]1CCCO1. The number of nitrogens with zero attached hydrogens (tertiary/aromatic N) is 1. The van der Waals surface area contributed by atoms with Crippen molar-refractivity contribution in [2.45, 2.75) is 30.4 Å². The number of carbonyl (C=O) groups excluding carboxylic acids is 1. The zero-order valence-corrected chi connectivity index (χ0v) is 15.9. The van der Waals surface area contributed by atoms with E-state index in [-0.39, 0.29) is 12.1 Å². The molecule has 2 amide bonds. The average Bonchev–Trinajstić information content (AvgIpc) is 3.33. The Kier molecular flexibility index (Phi) is 7.21. The molecule has 0 bridgehead atoms. The standard InChI is InChI=1S/C19H24N2O2S2/c22-19(20-9-12-25-18-6-2-1-3-7-18)21(13-16-8-11-24-15-16)14-17-5-4-10-23-17/h1-3,6-8,11,15,17H,4-5,9-10,12-14H2,(H,20,22)/t17-/m0/s1. The topological polar surface area (TPSA) is 41.6 Å². The molecule has 2 aromatic rings. The Morgan fingerprint density at radius 2 is 2.20 bits per heavy atom. The van der Waals surface area contributed by atoms with Gasteiger partial charge in [0.15, 0.2) is 0 Å². The van der Waals surface area contributed by atoms with Gasteiger partial charge in [0.25, 0.3) is 0 Å². The molecule has 1 atom stereocenters. The van der Waals surface area contributed by atoms with Crippen molar-refractivity contribution >= 4 is 29.1 Å². The highest BCUT2D eigenvalue weighted by atomic mass is 32.2. The molecule has 1 N–H and O–H groups in total. The highest BCUT2D eigenvalue weighted by Crippen LogP contribution is 2.17. The number of nitrogens with one attached hydrogen (secondary N) is 1. The molecule has 1 aliphatic heterocycles. The maximum Gasteiger partial charge on any atom is 0.317 e. The zero-order chi connectivity index (χ0) is 17.3. The van der Waals surface area contributed by atoms with E-state index in [2.05, 4.69) is 28.9 Å². The molecule has 6 heteroatoms. The third-order valence-electron chi connectivity index (χ3n) is 4.08. The third-order valence-corrected chi connectivity index (χ3v) is 5.82. The average molecular weight is 377 g/mol. The van der Waals surface area contributed by atoms with Crippen molar-refractivity contribution in [3.05, 3.63) is 52.7 Å². The fourth-order valence-electron chi connectivity index (χ4n) is 2.81. The van der Waals surface area contributed by atoms with Gasteiger partial charge in [-0.2, -0.15) is 11.3 Å². The summed E-state index contributed by atoms with van der Waals surface area (Å²) in [6.07, 6.45) is 2.30. The van der Waals surface area contributed by atoms with Crippen molar-refractivity contribution in [3.8, 4) is 0 Å². The Balaban J connectivity index is 1.47. The second-order valence-electron chi connectivity index (χ2n) is 6.04. The van der Waals surface area contributed by atoms with Gasteiger partial charge in [0.2, 0.25) is 0 Å². The van der Waals surface area contributed by atoms with Crippen LogP contribution < -0.4 is 5.32 Å². The Morgan fingerprint density at radius 1 is 1.32 bits per heavy atom. The molecule has 25 heavy (non-hydrogen) atoms. The van der Waals surface area contributed by atoms with Gasteiger partial charge in [0, 0.05) is 36.9 Å². The van der Waals surface area contributed by atoms with Crippen molar-refractivity contribution < 1.29 is 9.53 Å². The molecule has 2 heterocycles. The second-order valence-corrected chi connectivity index (χ2v) is 7.99. The van der Waals surface area contributed by atoms with Crippen molar-refractivity contribution in [1.29, 1.82) is 0 Å². The fraction of sp³-hybridized carbons (Fsp3) is 0.421. The lowest BCUT2D eigenvalue weighted by atomic mass is 10.2. The summed E-state index contributed by atoms with van der Waals surface area (Å²) in [5, 5.41) is 7.20. The Morgan fingerprint density at radius 3 is 2.92 bits per heavy atom. The van der Waals surface area contributed by atoms with E-state index in [1.165, 1.54) is 10.5 Å². The number of urea groups is 1. The van der Waals surface area contributed by atoms with Crippen LogP contribution in [0, 0.1) is 0 Å². The lowest BCUT2D eigenvalue weighted by Gasteiger charge is -2.25. The summed E-state index contributed by atoms with van der Waals surface area (Å²) in [6, 6.07) is 12.3. The number of carbonyl (C=O) groups is 1. The largest absolute Gasteiger partial charge is 0.376 e. The summed E-state index contributed by atoms with van der Waals surface area (Å²) < 4.78 is 5.71. The first-order valence-electron chi connectivity index (χ1n) is 8.64. The maximum absolute atomic E-state index is 12.6. The molecule has 1 aromatic heterocycles. The summed E-state index contributed by atoms with van der Waals surface area (Å²) in [5.41, 5.74) is 1.18. The number of benzene rings is 1. The van der Waals surface area contributed by atoms with Gasteiger partial charge in [0.05, 0.1) is 6.10 Å². The normalized spacial score (nSPS) is 16.7. The molecule has 134 valence electrons. The van der Waals surface area contributed by atoms with E-state index < -0.39 is 0 Å². The Bertz CT molecular complexity index is 628. The molecule has 0 spiro atoms. The van der Waals surface area contributed by atoms with E-state index in [0.717, 1.165) is 25.2 Å². The quantitative estimate of drug-likeness (QED) is 0.554. The minimum absolute atomic E-state index is 0.00429. The first-order valence-corrected chi connectivity index (χ1v) is 10.6. The van der Waals surface area contributed by atoms with E-state index in [1.54, 1.807) is 23.1 Å². The van der Waals surface area contributed by atoms with Crippen LogP contribution in [-0.4, -0.2) is 42.5 Å². The first-order chi connectivity index (χ1) is 12.3. The van der Waals surface area contributed by atoms with Gasteiger partial charge in [-0.15, -0.1) is 11.8 Å². The van der Waals surface area contributed by atoms with E-state index in [1.807, 2.05) is 28.5 Å². The van der Waals surface area contributed by atoms with E-state index in [4.69, 9.17) is 4.74 Å². The summed E-state index contributed by atoms with van der Waals surface area (Å²) >= 11 is 3.42. The monoisotopic (exact) mass is 376 g/mol. The molecular weight excluding hydrogens is 352 g/mol. The number of rotatable bonds is 8. The minimum atomic E-state index is -0.00429. The van der Waals surface area contributed by atoms with E-state index >= 15 is 0 Å². The van der Waals surface area contributed by atoms with Gasteiger partial charge < -0.3 is 15.0 Å². The van der Waals surface area contributed by atoms with Gasteiger partial charge >= 0.3 is 6.03 Å². The summed E-state index contributed by atoms with van der Waals surface area (Å²) in [4.78, 5) is 15.7. The molecule has 1 aromatic carbocycles. The van der Waals surface area contributed by atoms with Gasteiger partial charge in [-0.25, -0.2) is 4.79 Å². The van der Waals surface area contributed by atoms with Crippen LogP contribution in [0.4, 0.5) is 4.79 Å². The fourth-order valence-corrected chi connectivity index (χ4v) is 4.26. The lowest BCUT2D eigenvalue weighted by molar-refractivity contribution is 0.0796. The number of thioether (sulfide) groups is 1. The molecule has 0 unspecified atom stereocenters. The van der Waals surface area contributed by atoms with E-state index in [0.29, 0.717) is 19.6 Å². The highest BCUT2D eigenvalue weighted by molar-refractivity contribution is 7.99. The van der Waals surface area contributed by atoms with Crippen LogP contribution in [-0.2, 0) is 11.3 Å². The van der Waals surface area contributed by atoms with Crippen LogP contribution in [0.5, 0.6) is 0 Å². The second kappa shape index (κ2) is 9.85. The molecule has 1 saturated heterocycles. The maximum atomic E-state index is 12.6. The minimum Gasteiger partial charge on any atom is -0.376 e. The molecule has 0 radical (unpaired) electrons. The summed E-state index contributed by atoms with van der Waals surface area (Å²) in [7, 11) is 0. The Labute approximate surface area is 157 Å². The van der Waals surface area contributed by atoms with Crippen molar-refractivity contribution in [2.75, 3.05) is 25.4 Å². The molecule has 0 aliphatic carbocycles. The molecular formula is C19H24N2O2S2.